The molecule has 0 radical (unpaired) electrons. The molecule has 0 bridgehead atoms. The molecule has 5 heteroatoms. The Labute approximate surface area is 138 Å². The number of amides is 2. The molecule has 1 aromatic rings. The van der Waals surface area contributed by atoms with Crippen molar-refractivity contribution < 1.29 is 14.7 Å². The second-order valence-electron chi connectivity index (χ2n) is 6.08. The van der Waals surface area contributed by atoms with Gasteiger partial charge in [0.15, 0.2) is 0 Å². The molecule has 1 atom stereocenters. The highest BCUT2D eigenvalue weighted by Crippen LogP contribution is 2.18. The predicted molar refractivity (Wildman–Crippen MR) is 90.9 cm³/mol. The molecule has 128 valence electrons. The number of hydrogen-bond donors (Lipinski definition) is 3. The maximum Gasteiger partial charge on any atom is 0.222 e. The van der Waals surface area contributed by atoms with Crippen molar-refractivity contribution in [3.63, 3.8) is 0 Å². The van der Waals surface area contributed by atoms with Crippen LogP contribution >= 0.6 is 0 Å². The molecule has 23 heavy (non-hydrogen) atoms. The zero-order valence-corrected chi connectivity index (χ0v) is 14.5. The van der Waals surface area contributed by atoms with Crippen molar-refractivity contribution in [1.82, 2.24) is 10.6 Å². The largest absolute Gasteiger partial charge is 0.388 e. The first-order valence-corrected chi connectivity index (χ1v) is 8.12. The molecule has 0 spiro atoms. The smallest absolute Gasteiger partial charge is 0.222 e. The molecule has 0 saturated carbocycles. The summed E-state index contributed by atoms with van der Waals surface area (Å²) in [6.45, 7) is 7.43. The quantitative estimate of drug-likeness (QED) is 0.687. The molecule has 0 aliphatic heterocycles. The van der Waals surface area contributed by atoms with Gasteiger partial charge < -0.3 is 15.7 Å². The maximum atomic E-state index is 12.2. The van der Waals surface area contributed by atoms with E-state index in [0.717, 1.165) is 11.1 Å². The fraction of sp³-hybridized carbons (Fsp3) is 0.556. The summed E-state index contributed by atoms with van der Waals surface area (Å²) in [5.74, 6) is -0.369. The molecule has 0 unspecified atom stereocenters. The monoisotopic (exact) mass is 320 g/mol. The zero-order valence-electron chi connectivity index (χ0n) is 14.5. The number of nitrogens with one attached hydrogen (secondary N) is 2. The summed E-state index contributed by atoms with van der Waals surface area (Å²) in [6.07, 6.45) is 1.31. The van der Waals surface area contributed by atoms with Crippen LogP contribution in [0.25, 0.3) is 0 Å². The van der Waals surface area contributed by atoms with E-state index in [0.29, 0.717) is 12.8 Å². The zero-order chi connectivity index (χ0) is 17.5. The first-order valence-electron chi connectivity index (χ1n) is 8.12. The third-order valence-electron chi connectivity index (χ3n) is 4.18. The fourth-order valence-corrected chi connectivity index (χ4v) is 2.32. The molecule has 2 amide bonds. The highest BCUT2D eigenvalue weighted by molar-refractivity contribution is 5.79. The third kappa shape index (κ3) is 6.40. The van der Waals surface area contributed by atoms with Gasteiger partial charge in [-0.15, -0.1) is 0 Å². The van der Waals surface area contributed by atoms with Gasteiger partial charge in [-0.05, 0) is 25.3 Å². The standard InChI is InChI=1S/C18H28N2O3/c1-5-18(23,6-2)12-19-17(22)11-16(20-14(4)21)15-9-7-13(3)8-10-15/h7-10,16,23H,5-6,11-12H2,1-4H3,(H,19,22)(H,20,21)/t16-/m0/s1. The van der Waals surface area contributed by atoms with E-state index in [1.54, 1.807) is 0 Å². The number of aryl methyl sites for hydroxylation is 1. The number of rotatable bonds is 8. The Kier molecular flexibility index (Phi) is 7.23. The van der Waals surface area contributed by atoms with Gasteiger partial charge in [-0.3, -0.25) is 9.59 Å². The summed E-state index contributed by atoms with van der Waals surface area (Å²) in [6, 6.07) is 7.36. The van der Waals surface area contributed by atoms with Gasteiger partial charge >= 0.3 is 0 Å². The van der Waals surface area contributed by atoms with Gasteiger partial charge in [0.1, 0.15) is 0 Å². The van der Waals surface area contributed by atoms with Crippen LogP contribution in [-0.4, -0.2) is 29.1 Å². The molecule has 3 N–H and O–H groups in total. The summed E-state index contributed by atoms with van der Waals surface area (Å²) in [5, 5.41) is 15.8. The van der Waals surface area contributed by atoms with E-state index in [-0.39, 0.29) is 30.8 Å². The van der Waals surface area contributed by atoms with Crippen LogP contribution in [0.15, 0.2) is 24.3 Å². The first kappa shape index (κ1) is 19.2. The van der Waals surface area contributed by atoms with Gasteiger partial charge in [0, 0.05) is 13.5 Å². The molecule has 0 aromatic heterocycles. The van der Waals surface area contributed by atoms with Crippen LogP contribution in [0, 0.1) is 6.92 Å². The van der Waals surface area contributed by atoms with Crippen LogP contribution in [0.1, 0.15) is 57.2 Å². The van der Waals surface area contributed by atoms with Gasteiger partial charge in [-0.25, -0.2) is 0 Å². The number of hydrogen-bond acceptors (Lipinski definition) is 3. The Morgan fingerprint density at radius 2 is 1.74 bits per heavy atom. The van der Waals surface area contributed by atoms with Crippen LogP contribution < -0.4 is 10.6 Å². The van der Waals surface area contributed by atoms with Crippen molar-refractivity contribution in [2.75, 3.05) is 6.54 Å². The van der Waals surface area contributed by atoms with Crippen molar-refractivity contribution >= 4 is 11.8 Å². The first-order chi connectivity index (χ1) is 10.8. The van der Waals surface area contributed by atoms with E-state index >= 15 is 0 Å². The summed E-state index contributed by atoms with van der Waals surface area (Å²) in [7, 11) is 0. The second-order valence-corrected chi connectivity index (χ2v) is 6.08. The van der Waals surface area contributed by atoms with Crippen LogP contribution in [0.2, 0.25) is 0 Å². The van der Waals surface area contributed by atoms with Crippen molar-refractivity contribution in [2.24, 2.45) is 0 Å². The minimum atomic E-state index is -0.872. The number of aliphatic hydroxyl groups is 1. The molecule has 0 fully saturated rings. The molecule has 0 aliphatic carbocycles. The lowest BCUT2D eigenvalue weighted by Gasteiger charge is -2.26. The summed E-state index contributed by atoms with van der Waals surface area (Å²) >= 11 is 0. The number of carbonyl (C=O) groups excluding carboxylic acids is 2. The van der Waals surface area contributed by atoms with Crippen LogP contribution in [-0.2, 0) is 9.59 Å². The predicted octanol–water partition coefficient (Wildman–Crippen LogP) is 2.23. The van der Waals surface area contributed by atoms with Gasteiger partial charge in [-0.2, -0.15) is 0 Å². The average Bonchev–Trinajstić information content (AvgIpc) is 2.52. The Hall–Kier alpha value is -1.88. The van der Waals surface area contributed by atoms with Crippen LogP contribution in [0.3, 0.4) is 0 Å². The van der Waals surface area contributed by atoms with E-state index in [9.17, 15) is 14.7 Å². The van der Waals surface area contributed by atoms with E-state index in [1.165, 1.54) is 6.92 Å². The summed E-state index contributed by atoms with van der Waals surface area (Å²) in [4.78, 5) is 23.6. The van der Waals surface area contributed by atoms with E-state index < -0.39 is 5.60 Å². The Morgan fingerprint density at radius 3 is 2.22 bits per heavy atom. The van der Waals surface area contributed by atoms with Gasteiger partial charge in [-0.1, -0.05) is 43.7 Å². The average molecular weight is 320 g/mol. The lowest BCUT2D eigenvalue weighted by molar-refractivity contribution is -0.123. The molecule has 5 nitrogen and oxygen atoms in total. The summed E-state index contributed by atoms with van der Waals surface area (Å²) < 4.78 is 0. The van der Waals surface area contributed by atoms with Gasteiger partial charge in [0.05, 0.1) is 18.1 Å². The highest BCUT2D eigenvalue weighted by Gasteiger charge is 2.24. The second kappa shape index (κ2) is 8.67. The number of benzene rings is 1. The van der Waals surface area contributed by atoms with Gasteiger partial charge in [0.25, 0.3) is 0 Å². The lowest BCUT2D eigenvalue weighted by Crippen LogP contribution is -2.43. The SMILES string of the molecule is CCC(O)(CC)CNC(=O)C[C@H](NC(C)=O)c1ccc(C)cc1. The minimum Gasteiger partial charge on any atom is -0.388 e. The fourth-order valence-electron chi connectivity index (χ4n) is 2.32. The van der Waals surface area contributed by atoms with E-state index in [4.69, 9.17) is 0 Å². The van der Waals surface area contributed by atoms with Crippen molar-refractivity contribution in [3.8, 4) is 0 Å². The third-order valence-corrected chi connectivity index (χ3v) is 4.18. The summed E-state index contributed by atoms with van der Waals surface area (Å²) in [5.41, 5.74) is 1.14. The van der Waals surface area contributed by atoms with Crippen molar-refractivity contribution in [1.29, 1.82) is 0 Å². The molecule has 0 heterocycles. The topological polar surface area (TPSA) is 78.4 Å². The Morgan fingerprint density at radius 1 is 1.17 bits per heavy atom. The maximum absolute atomic E-state index is 12.2. The molecule has 0 aliphatic rings. The molecule has 1 rings (SSSR count). The molecule has 0 saturated heterocycles. The number of carbonyl (C=O) groups is 2. The highest BCUT2D eigenvalue weighted by atomic mass is 16.3. The Bertz CT molecular complexity index is 522. The normalized spacial score (nSPS) is 12.6. The van der Waals surface area contributed by atoms with Gasteiger partial charge in [0.2, 0.25) is 11.8 Å². The van der Waals surface area contributed by atoms with Crippen molar-refractivity contribution in [2.45, 2.75) is 58.6 Å². The molecular formula is C18H28N2O3. The van der Waals surface area contributed by atoms with Crippen LogP contribution in [0.4, 0.5) is 0 Å². The lowest BCUT2D eigenvalue weighted by atomic mass is 9.97. The van der Waals surface area contributed by atoms with E-state index in [2.05, 4.69) is 10.6 Å². The van der Waals surface area contributed by atoms with Crippen molar-refractivity contribution in [3.05, 3.63) is 35.4 Å². The Balaban J connectivity index is 2.71. The molecule has 1 aromatic carbocycles. The molecular weight excluding hydrogens is 292 g/mol. The van der Waals surface area contributed by atoms with Crippen LogP contribution in [0.5, 0.6) is 0 Å². The minimum absolute atomic E-state index is 0.145. The van der Waals surface area contributed by atoms with E-state index in [1.807, 2.05) is 45.0 Å².